The van der Waals surface area contributed by atoms with Crippen molar-refractivity contribution >= 4 is 34.2 Å². The van der Waals surface area contributed by atoms with Crippen molar-refractivity contribution < 1.29 is 27.8 Å². The lowest BCUT2D eigenvalue weighted by molar-refractivity contribution is 0.0971. The first kappa shape index (κ1) is 22.7. The number of methoxy groups -OCH3 is 3. The molecule has 0 fully saturated rings. The Morgan fingerprint density at radius 2 is 1.57 bits per heavy atom. The van der Waals surface area contributed by atoms with Crippen molar-refractivity contribution in [1.82, 2.24) is 0 Å². The zero-order valence-electron chi connectivity index (χ0n) is 18.9. The van der Waals surface area contributed by atoms with E-state index >= 15 is 0 Å². The van der Waals surface area contributed by atoms with Crippen molar-refractivity contribution in [3.63, 3.8) is 0 Å². The molecular weight excluding hydrogens is 477 g/mol. The second kappa shape index (κ2) is 8.63. The molecule has 0 N–H and O–H groups in total. The molecule has 0 aliphatic carbocycles. The summed E-state index contributed by atoms with van der Waals surface area (Å²) in [6, 6.07) is 12.4. The van der Waals surface area contributed by atoms with E-state index < -0.39 is 23.2 Å². The largest absolute Gasteiger partial charge is 0.493 e. The lowest BCUT2D eigenvalue weighted by Crippen LogP contribution is -2.29. The summed E-state index contributed by atoms with van der Waals surface area (Å²) in [5.41, 5.74) is 0.840. The number of carbonyl (C=O) groups is 1. The third-order valence-corrected chi connectivity index (χ3v) is 6.17. The molecule has 0 radical (unpaired) electrons. The molecule has 3 aromatic carbocycles. The number of rotatable bonds is 5. The van der Waals surface area contributed by atoms with Gasteiger partial charge in [0.25, 0.3) is 5.91 Å². The van der Waals surface area contributed by atoms with Crippen LogP contribution in [0.2, 0.25) is 5.02 Å². The second-order valence-corrected chi connectivity index (χ2v) is 8.26. The van der Waals surface area contributed by atoms with Gasteiger partial charge in [-0.2, -0.15) is 0 Å². The molecule has 5 rings (SSSR count). The van der Waals surface area contributed by atoms with E-state index in [-0.39, 0.29) is 22.3 Å². The highest BCUT2D eigenvalue weighted by Crippen LogP contribution is 2.46. The third-order valence-electron chi connectivity index (χ3n) is 5.94. The first-order chi connectivity index (χ1) is 16.9. The maximum atomic E-state index is 13.7. The molecule has 1 aliphatic rings. The quantitative estimate of drug-likeness (QED) is 0.371. The molecule has 178 valence electrons. The van der Waals surface area contributed by atoms with Crippen molar-refractivity contribution in [2.75, 3.05) is 26.2 Å². The number of fused-ring (bicyclic) bond motifs is 2. The minimum atomic E-state index is -0.920. The molecular formula is C26H19ClFNO6. The lowest BCUT2D eigenvalue weighted by atomic mass is 9.97. The zero-order chi connectivity index (χ0) is 24.9. The van der Waals surface area contributed by atoms with Gasteiger partial charge in [0.15, 0.2) is 16.9 Å². The van der Waals surface area contributed by atoms with Crippen molar-refractivity contribution in [1.29, 1.82) is 0 Å². The fourth-order valence-corrected chi connectivity index (χ4v) is 4.56. The summed E-state index contributed by atoms with van der Waals surface area (Å²) in [5, 5.41) is 0.594. The number of carbonyl (C=O) groups excluding carboxylic acids is 1. The van der Waals surface area contributed by atoms with E-state index in [1.807, 2.05) is 0 Å². The fraction of sp³-hybridized carbons (Fsp3) is 0.154. The number of halogens is 2. The van der Waals surface area contributed by atoms with Crippen LogP contribution in [0.5, 0.6) is 17.2 Å². The van der Waals surface area contributed by atoms with E-state index in [1.165, 1.54) is 56.6 Å². The molecule has 1 amide bonds. The summed E-state index contributed by atoms with van der Waals surface area (Å²) in [6.45, 7) is 0. The van der Waals surface area contributed by atoms with Crippen LogP contribution in [0, 0.1) is 5.82 Å². The van der Waals surface area contributed by atoms with Crippen LogP contribution in [0.15, 0.2) is 63.8 Å². The summed E-state index contributed by atoms with van der Waals surface area (Å²) in [4.78, 5) is 28.8. The third kappa shape index (κ3) is 3.57. The Kier molecular flexibility index (Phi) is 5.61. The van der Waals surface area contributed by atoms with Crippen molar-refractivity contribution in [2.24, 2.45) is 0 Å². The molecule has 0 bridgehead atoms. The van der Waals surface area contributed by atoms with E-state index in [1.54, 1.807) is 24.3 Å². The maximum Gasteiger partial charge on any atom is 0.295 e. The molecule has 1 aromatic heterocycles. The van der Waals surface area contributed by atoms with Crippen LogP contribution in [-0.4, -0.2) is 27.2 Å². The number of nitrogens with zero attached hydrogens (tertiary/aromatic N) is 1. The molecule has 0 saturated heterocycles. The summed E-state index contributed by atoms with van der Waals surface area (Å²) < 4.78 is 36.0. The smallest absolute Gasteiger partial charge is 0.295 e. The van der Waals surface area contributed by atoms with Crippen LogP contribution in [0.1, 0.15) is 27.7 Å². The Morgan fingerprint density at radius 3 is 2.17 bits per heavy atom. The Hall–Kier alpha value is -4.04. The van der Waals surface area contributed by atoms with Crippen LogP contribution in [0.25, 0.3) is 11.0 Å². The number of ether oxygens (including phenoxy) is 3. The van der Waals surface area contributed by atoms with E-state index in [4.69, 9.17) is 30.2 Å². The summed E-state index contributed by atoms with van der Waals surface area (Å²) >= 11 is 6.14. The highest BCUT2D eigenvalue weighted by atomic mass is 35.5. The average molecular weight is 496 g/mol. The van der Waals surface area contributed by atoms with Crippen LogP contribution in [-0.2, 0) is 0 Å². The van der Waals surface area contributed by atoms with Gasteiger partial charge < -0.3 is 18.6 Å². The van der Waals surface area contributed by atoms with E-state index in [9.17, 15) is 14.0 Å². The van der Waals surface area contributed by atoms with Gasteiger partial charge in [-0.15, -0.1) is 0 Å². The standard InChI is InChI=1S/C26H19ClFNO6/c1-32-19-10-13(11-20(33-2)24(19)34-3)22-21-23(30)17-12-14(27)4-9-18(17)35-25(21)26(31)29(22)16-7-5-15(28)6-8-16/h4-12,22H,1-3H3. The van der Waals surface area contributed by atoms with Crippen LogP contribution >= 0.6 is 11.6 Å². The van der Waals surface area contributed by atoms with Crippen LogP contribution in [0.3, 0.4) is 0 Å². The molecule has 1 atom stereocenters. The Bertz CT molecular complexity index is 1510. The van der Waals surface area contributed by atoms with Gasteiger partial charge >= 0.3 is 0 Å². The molecule has 1 aliphatic heterocycles. The Morgan fingerprint density at radius 1 is 0.914 bits per heavy atom. The molecule has 9 heteroatoms. The van der Waals surface area contributed by atoms with Gasteiger partial charge in [-0.1, -0.05) is 11.6 Å². The molecule has 0 saturated carbocycles. The number of hydrogen-bond acceptors (Lipinski definition) is 6. The number of benzene rings is 3. The van der Waals surface area contributed by atoms with Gasteiger partial charge in [-0.25, -0.2) is 4.39 Å². The fourth-order valence-electron chi connectivity index (χ4n) is 4.39. The Balaban J connectivity index is 1.84. The van der Waals surface area contributed by atoms with Crippen molar-refractivity contribution in [2.45, 2.75) is 6.04 Å². The van der Waals surface area contributed by atoms with Crippen LogP contribution < -0.4 is 24.5 Å². The van der Waals surface area contributed by atoms with E-state index in [0.29, 0.717) is 33.5 Å². The van der Waals surface area contributed by atoms with Gasteiger partial charge in [0.05, 0.1) is 38.3 Å². The molecule has 0 spiro atoms. The molecule has 7 nitrogen and oxygen atoms in total. The minimum Gasteiger partial charge on any atom is -0.493 e. The zero-order valence-corrected chi connectivity index (χ0v) is 19.7. The number of hydrogen-bond donors (Lipinski definition) is 0. The first-order valence-electron chi connectivity index (χ1n) is 10.5. The average Bonchev–Trinajstić information content (AvgIpc) is 3.16. The number of amides is 1. The molecule has 35 heavy (non-hydrogen) atoms. The molecule has 2 heterocycles. The second-order valence-electron chi connectivity index (χ2n) is 7.83. The monoisotopic (exact) mass is 495 g/mol. The van der Waals surface area contributed by atoms with E-state index in [2.05, 4.69) is 0 Å². The topological polar surface area (TPSA) is 78.2 Å². The summed E-state index contributed by atoms with van der Waals surface area (Å²) in [5.74, 6) is -0.0666. The highest BCUT2D eigenvalue weighted by Gasteiger charge is 2.44. The van der Waals surface area contributed by atoms with E-state index in [0.717, 1.165) is 0 Å². The first-order valence-corrected chi connectivity index (χ1v) is 10.9. The summed E-state index contributed by atoms with van der Waals surface area (Å²) in [6.07, 6.45) is 0. The SMILES string of the molecule is COc1cc(C2c3c(oc4ccc(Cl)cc4c3=O)C(=O)N2c2ccc(F)cc2)cc(OC)c1OC. The van der Waals surface area contributed by atoms with Gasteiger partial charge in [0.1, 0.15) is 11.4 Å². The van der Waals surface area contributed by atoms with Gasteiger partial charge in [0, 0.05) is 10.7 Å². The van der Waals surface area contributed by atoms with Crippen LogP contribution in [0.4, 0.5) is 10.1 Å². The van der Waals surface area contributed by atoms with Gasteiger partial charge in [0.2, 0.25) is 11.5 Å². The molecule has 1 unspecified atom stereocenters. The maximum absolute atomic E-state index is 13.7. The molecule has 4 aromatic rings. The van der Waals surface area contributed by atoms with Gasteiger partial charge in [-0.05, 0) is 60.2 Å². The van der Waals surface area contributed by atoms with Crippen molar-refractivity contribution in [3.8, 4) is 17.2 Å². The summed E-state index contributed by atoms with van der Waals surface area (Å²) in [7, 11) is 4.41. The van der Waals surface area contributed by atoms with Crippen molar-refractivity contribution in [3.05, 3.63) is 92.5 Å². The highest BCUT2D eigenvalue weighted by molar-refractivity contribution is 6.31. The normalized spacial score (nSPS) is 14.8. The predicted molar refractivity (Wildman–Crippen MR) is 129 cm³/mol. The number of anilines is 1. The van der Waals surface area contributed by atoms with Gasteiger partial charge in [-0.3, -0.25) is 14.5 Å². The minimum absolute atomic E-state index is 0.104. The lowest BCUT2D eigenvalue weighted by Gasteiger charge is -2.26. The predicted octanol–water partition coefficient (Wildman–Crippen LogP) is 5.36. The Labute approximate surface area is 204 Å².